The van der Waals surface area contributed by atoms with Crippen LogP contribution in [0.2, 0.25) is 5.02 Å². The molecule has 1 N–H and O–H groups in total. The van der Waals surface area contributed by atoms with Crippen molar-refractivity contribution in [3.8, 4) is 5.75 Å². The van der Waals surface area contributed by atoms with Crippen LogP contribution in [0.4, 0.5) is 19.0 Å². The standard InChI is InChI=1S/C24H25ClF3N3O4S/c1-24(27,28)18-7-22(29-9-19(18)25)31-10-13(11-31)12-35-21-8-20(26)17(6-16(21)14-2-3-14)23(32)30-36(33,34)15-4-5-15/h6-9,13-15H,2-5,10-12H2,1H3,(H,30,32). The number of nitrogens with one attached hydrogen (secondary N) is 1. The lowest BCUT2D eigenvalue weighted by Crippen LogP contribution is -2.49. The highest BCUT2D eigenvalue weighted by molar-refractivity contribution is 7.91. The molecule has 2 heterocycles. The minimum atomic E-state index is -3.79. The smallest absolute Gasteiger partial charge is 0.272 e. The van der Waals surface area contributed by atoms with Crippen LogP contribution < -0.4 is 14.4 Å². The summed E-state index contributed by atoms with van der Waals surface area (Å²) < 4.78 is 74.4. The van der Waals surface area contributed by atoms with Crippen LogP contribution in [0.25, 0.3) is 0 Å². The number of amides is 1. The second-order valence-electron chi connectivity index (χ2n) is 9.81. The molecule has 1 saturated heterocycles. The highest BCUT2D eigenvalue weighted by Crippen LogP contribution is 2.45. The highest BCUT2D eigenvalue weighted by atomic mass is 35.5. The van der Waals surface area contributed by atoms with Crippen molar-refractivity contribution in [2.45, 2.75) is 49.7 Å². The van der Waals surface area contributed by atoms with Gasteiger partial charge in [-0.1, -0.05) is 11.6 Å². The van der Waals surface area contributed by atoms with E-state index >= 15 is 0 Å². The Morgan fingerprint density at radius 1 is 1.22 bits per heavy atom. The van der Waals surface area contributed by atoms with Crippen LogP contribution >= 0.6 is 11.6 Å². The van der Waals surface area contributed by atoms with Gasteiger partial charge in [-0.15, -0.1) is 0 Å². The summed E-state index contributed by atoms with van der Waals surface area (Å²) in [5, 5.41) is -0.686. The van der Waals surface area contributed by atoms with Crippen LogP contribution in [-0.2, 0) is 15.9 Å². The quantitative estimate of drug-likeness (QED) is 0.497. The number of benzene rings is 1. The average Bonchev–Trinajstić information content (AvgIpc) is 3.65. The van der Waals surface area contributed by atoms with Crippen LogP contribution in [0, 0.1) is 11.7 Å². The fraction of sp³-hybridized carbons (Fsp3) is 0.500. The number of carbonyl (C=O) groups excluding carboxylic acids is 1. The molecule has 194 valence electrons. The number of rotatable bonds is 9. The number of anilines is 1. The van der Waals surface area contributed by atoms with Gasteiger partial charge in [0, 0.05) is 43.8 Å². The van der Waals surface area contributed by atoms with Crippen LogP contribution in [0.5, 0.6) is 5.75 Å². The zero-order valence-electron chi connectivity index (χ0n) is 19.4. The number of hydrogen-bond acceptors (Lipinski definition) is 6. The number of carbonyl (C=O) groups is 1. The summed E-state index contributed by atoms with van der Waals surface area (Å²) in [4.78, 5) is 18.5. The topological polar surface area (TPSA) is 88.6 Å². The van der Waals surface area contributed by atoms with Crippen molar-refractivity contribution in [1.29, 1.82) is 0 Å². The minimum Gasteiger partial charge on any atom is -0.493 e. The Morgan fingerprint density at radius 2 is 1.92 bits per heavy atom. The fourth-order valence-corrected chi connectivity index (χ4v) is 5.80. The Labute approximate surface area is 212 Å². The third-order valence-corrected chi connectivity index (χ3v) is 8.75. The predicted octanol–water partition coefficient (Wildman–Crippen LogP) is 4.60. The molecule has 1 aromatic carbocycles. The summed E-state index contributed by atoms with van der Waals surface area (Å²) in [5.74, 6) is -4.01. The molecule has 5 rings (SSSR count). The maximum atomic E-state index is 14.8. The number of sulfonamides is 1. The Morgan fingerprint density at radius 3 is 2.53 bits per heavy atom. The summed E-state index contributed by atoms with van der Waals surface area (Å²) >= 11 is 5.86. The first-order chi connectivity index (χ1) is 16.9. The largest absolute Gasteiger partial charge is 0.493 e. The number of alkyl halides is 2. The summed E-state index contributed by atoms with van der Waals surface area (Å²) in [6.45, 7) is 2.08. The van der Waals surface area contributed by atoms with Crippen LogP contribution in [0.3, 0.4) is 0 Å². The summed E-state index contributed by atoms with van der Waals surface area (Å²) in [6, 6.07) is 3.81. The van der Waals surface area contributed by atoms with E-state index in [1.54, 1.807) is 0 Å². The van der Waals surface area contributed by atoms with Crippen molar-refractivity contribution in [3.05, 3.63) is 51.9 Å². The van der Waals surface area contributed by atoms with Crippen LogP contribution in [0.15, 0.2) is 24.4 Å². The molecule has 2 aliphatic carbocycles. The summed E-state index contributed by atoms with van der Waals surface area (Å²) in [7, 11) is -3.79. The van der Waals surface area contributed by atoms with Gasteiger partial charge >= 0.3 is 0 Å². The molecular weight excluding hydrogens is 519 g/mol. The second kappa shape index (κ2) is 9.09. The SMILES string of the molecule is CC(F)(F)c1cc(N2CC(COc3cc(F)c(C(=O)NS(=O)(=O)C4CC4)cc3C3CC3)C2)ncc1Cl. The molecule has 3 aliphatic rings. The van der Waals surface area contributed by atoms with Gasteiger partial charge in [-0.2, -0.15) is 0 Å². The van der Waals surface area contributed by atoms with E-state index in [4.69, 9.17) is 16.3 Å². The van der Waals surface area contributed by atoms with Crippen molar-refractivity contribution in [2.75, 3.05) is 24.6 Å². The maximum Gasteiger partial charge on any atom is 0.272 e. The molecule has 0 atom stereocenters. The second-order valence-corrected chi connectivity index (χ2v) is 12.2. The minimum absolute atomic E-state index is 0.0647. The Bertz CT molecular complexity index is 1300. The molecule has 0 bridgehead atoms. The van der Waals surface area contributed by atoms with E-state index in [9.17, 15) is 26.4 Å². The molecule has 0 radical (unpaired) electrons. The molecule has 2 saturated carbocycles. The molecular formula is C24H25ClF3N3O4S. The number of aromatic nitrogens is 1. The zero-order chi connectivity index (χ0) is 25.8. The van der Waals surface area contributed by atoms with E-state index in [0.29, 0.717) is 43.1 Å². The fourth-order valence-electron chi connectivity index (χ4n) is 4.24. The molecule has 12 heteroatoms. The van der Waals surface area contributed by atoms with Gasteiger partial charge in [0.05, 0.1) is 22.4 Å². The van der Waals surface area contributed by atoms with Crippen molar-refractivity contribution in [3.63, 3.8) is 0 Å². The van der Waals surface area contributed by atoms with Gasteiger partial charge in [-0.3, -0.25) is 4.79 Å². The van der Waals surface area contributed by atoms with E-state index in [0.717, 1.165) is 25.8 Å². The van der Waals surface area contributed by atoms with Gasteiger partial charge in [0.1, 0.15) is 17.4 Å². The van der Waals surface area contributed by atoms with Crippen LogP contribution in [-0.4, -0.2) is 44.3 Å². The zero-order valence-corrected chi connectivity index (χ0v) is 21.0. The van der Waals surface area contributed by atoms with Crippen molar-refractivity contribution in [1.82, 2.24) is 9.71 Å². The van der Waals surface area contributed by atoms with Gasteiger partial charge in [0.15, 0.2) is 0 Å². The third kappa shape index (κ3) is 5.27. The number of halogens is 4. The third-order valence-electron chi connectivity index (χ3n) is 6.63. The van der Waals surface area contributed by atoms with Gasteiger partial charge < -0.3 is 9.64 Å². The van der Waals surface area contributed by atoms with Crippen molar-refractivity contribution < 1.29 is 31.1 Å². The first-order valence-corrected chi connectivity index (χ1v) is 13.7. The van der Waals surface area contributed by atoms with Gasteiger partial charge in [-0.25, -0.2) is 31.3 Å². The molecule has 2 aromatic rings. The Balaban J connectivity index is 1.23. The van der Waals surface area contributed by atoms with Gasteiger partial charge in [0.2, 0.25) is 10.0 Å². The lowest BCUT2D eigenvalue weighted by atomic mass is 10.0. The number of nitrogens with zero attached hydrogens (tertiary/aromatic N) is 2. The highest BCUT2D eigenvalue weighted by Gasteiger charge is 2.38. The predicted molar refractivity (Wildman–Crippen MR) is 128 cm³/mol. The van der Waals surface area contributed by atoms with E-state index in [2.05, 4.69) is 4.98 Å². The molecule has 36 heavy (non-hydrogen) atoms. The molecule has 3 fully saturated rings. The van der Waals surface area contributed by atoms with Crippen molar-refractivity contribution >= 4 is 33.3 Å². The summed E-state index contributed by atoms with van der Waals surface area (Å²) in [5.41, 5.74) is 0.0730. The molecule has 1 amide bonds. The number of pyridine rings is 1. The van der Waals surface area contributed by atoms with E-state index in [1.807, 2.05) is 9.62 Å². The average molecular weight is 544 g/mol. The van der Waals surface area contributed by atoms with E-state index in [-0.39, 0.29) is 34.6 Å². The molecule has 0 unspecified atom stereocenters. The molecule has 7 nitrogen and oxygen atoms in total. The van der Waals surface area contributed by atoms with Gasteiger partial charge in [-0.05, 0) is 49.3 Å². The number of hydrogen-bond donors (Lipinski definition) is 1. The first-order valence-electron chi connectivity index (χ1n) is 11.7. The van der Waals surface area contributed by atoms with Crippen LogP contribution in [0.1, 0.15) is 60.0 Å². The Kier molecular flexibility index (Phi) is 6.35. The lowest BCUT2D eigenvalue weighted by Gasteiger charge is -2.40. The maximum absolute atomic E-state index is 14.8. The monoisotopic (exact) mass is 543 g/mol. The Hall–Kier alpha value is -2.53. The molecule has 1 aromatic heterocycles. The van der Waals surface area contributed by atoms with Crippen molar-refractivity contribution in [2.24, 2.45) is 5.92 Å². The molecule has 1 aliphatic heterocycles. The number of ether oxygens (including phenoxy) is 1. The lowest BCUT2D eigenvalue weighted by molar-refractivity contribution is 0.0175. The first kappa shape index (κ1) is 25.1. The summed E-state index contributed by atoms with van der Waals surface area (Å²) in [6.07, 6.45) is 3.93. The van der Waals surface area contributed by atoms with E-state index < -0.39 is 32.9 Å². The van der Waals surface area contributed by atoms with E-state index in [1.165, 1.54) is 18.3 Å². The normalized spacial score (nSPS) is 18.6. The van der Waals surface area contributed by atoms with Gasteiger partial charge in [0.25, 0.3) is 11.8 Å². The molecule has 0 spiro atoms.